The van der Waals surface area contributed by atoms with Crippen molar-refractivity contribution < 1.29 is 9.90 Å². The van der Waals surface area contributed by atoms with Gasteiger partial charge in [0.1, 0.15) is 0 Å². The van der Waals surface area contributed by atoms with Crippen LogP contribution in [0.4, 0.5) is 0 Å². The molecule has 4 nitrogen and oxygen atoms in total. The molecular weight excluding hydrogens is 216 g/mol. The first-order valence-electron chi connectivity index (χ1n) is 5.59. The molecule has 0 bridgehead atoms. The highest BCUT2D eigenvalue weighted by molar-refractivity contribution is 5.96. The lowest BCUT2D eigenvalue weighted by Crippen LogP contribution is -2.03. The standard InChI is InChI=1S/C13H16N2O2/c1-7-5-9(13(16)17)6-11-10(3-4-14)8(2)15-12(7)11/h5-6,15H,3-4,14H2,1-2H3,(H,16,17). The number of nitrogens with two attached hydrogens (primary N) is 1. The van der Waals surface area contributed by atoms with E-state index >= 15 is 0 Å². The molecule has 90 valence electrons. The van der Waals surface area contributed by atoms with Gasteiger partial charge in [0.05, 0.1) is 5.56 Å². The SMILES string of the molecule is Cc1[nH]c2c(C)cc(C(=O)O)cc2c1CCN. The van der Waals surface area contributed by atoms with Gasteiger partial charge in [-0.2, -0.15) is 0 Å². The van der Waals surface area contributed by atoms with Crippen LogP contribution < -0.4 is 5.73 Å². The highest BCUT2D eigenvalue weighted by Crippen LogP contribution is 2.26. The minimum absolute atomic E-state index is 0.326. The number of hydrogen-bond donors (Lipinski definition) is 3. The molecule has 0 atom stereocenters. The molecule has 0 aliphatic carbocycles. The largest absolute Gasteiger partial charge is 0.478 e. The molecule has 1 aromatic carbocycles. The van der Waals surface area contributed by atoms with Gasteiger partial charge < -0.3 is 15.8 Å². The van der Waals surface area contributed by atoms with Gasteiger partial charge in [-0.05, 0) is 50.1 Å². The van der Waals surface area contributed by atoms with Gasteiger partial charge in [-0.3, -0.25) is 0 Å². The highest BCUT2D eigenvalue weighted by Gasteiger charge is 2.13. The van der Waals surface area contributed by atoms with Crippen LogP contribution in [0.2, 0.25) is 0 Å². The minimum Gasteiger partial charge on any atom is -0.478 e. The number of aryl methyl sites for hydroxylation is 2. The molecule has 17 heavy (non-hydrogen) atoms. The van der Waals surface area contributed by atoms with Crippen LogP contribution in [-0.2, 0) is 6.42 Å². The lowest BCUT2D eigenvalue weighted by Gasteiger charge is -2.02. The molecule has 0 fully saturated rings. The summed E-state index contributed by atoms with van der Waals surface area (Å²) in [5.41, 5.74) is 10.1. The molecule has 2 aromatic rings. The number of hydrogen-bond acceptors (Lipinski definition) is 2. The van der Waals surface area contributed by atoms with Crippen LogP contribution >= 0.6 is 0 Å². The Bertz CT molecular complexity index is 585. The van der Waals surface area contributed by atoms with E-state index in [2.05, 4.69) is 4.98 Å². The first kappa shape index (κ1) is 11.7. The van der Waals surface area contributed by atoms with Gasteiger partial charge in [-0.1, -0.05) is 0 Å². The fraction of sp³-hybridized carbons (Fsp3) is 0.308. The molecule has 0 spiro atoms. The maximum atomic E-state index is 11.0. The van der Waals surface area contributed by atoms with E-state index in [0.717, 1.165) is 34.1 Å². The number of carboxylic acids is 1. The molecule has 0 unspecified atom stereocenters. The number of benzene rings is 1. The third-order valence-corrected chi connectivity index (χ3v) is 3.07. The zero-order chi connectivity index (χ0) is 12.6. The quantitative estimate of drug-likeness (QED) is 0.757. The molecular formula is C13H16N2O2. The topological polar surface area (TPSA) is 79.1 Å². The maximum absolute atomic E-state index is 11.0. The summed E-state index contributed by atoms with van der Waals surface area (Å²) in [5.74, 6) is -0.896. The third-order valence-electron chi connectivity index (χ3n) is 3.07. The van der Waals surface area contributed by atoms with E-state index in [0.29, 0.717) is 12.1 Å². The van der Waals surface area contributed by atoms with Gasteiger partial charge in [-0.15, -0.1) is 0 Å². The Hall–Kier alpha value is -1.81. The fourth-order valence-corrected chi connectivity index (χ4v) is 2.25. The van der Waals surface area contributed by atoms with Gasteiger partial charge in [0.25, 0.3) is 0 Å². The van der Waals surface area contributed by atoms with Gasteiger partial charge >= 0.3 is 5.97 Å². The van der Waals surface area contributed by atoms with Crippen molar-refractivity contribution in [1.29, 1.82) is 0 Å². The van der Waals surface area contributed by atoms with Crippen LogP contribution in [-0.4, -0.2) is 22.6 Å². The number of aromatic nitrogens is 1. The summed E-state index contributed by atoms with van der Waals surface area (Å²) < 4.78 is 0. The molecule has 0 amide bonds. The summed E-state index contributed by atoms with van der Waals surface area (Å²) in [6, 6.07) is 3.41. The Labute approximate surface area is 99.4 Å². The molecule has 2 rings (SSSR count). The summed E-state index contributed by atoms with van der Waals surface area (Å²) in [7, 11) is 0. The number of rotatable bonds is 3. The second kappa shape index (κ2) is 4.22. The predicted octanol–water partition coefficient (Wildman–Crippen LogP) is 1.98. The van der Waals surface area contributed by atoms with Gasteiger partial charge in [0.15, 0.2) is 0 Å². The Morgan fingerprint density at radius 1 is 1.41 bits per heavy atom. The van der Waals surface area contributed by atoms with Crippen LogP contribution in [0.15, 0.2) is 12.1 Å². The Morgan fingerprint density at radius 2 is 2.12 bits per heavy atom. The second-order valence-electron chi connectivity index (χ2n) is 4.29. The Balaban J connectivity index is 2.74. The first-order valence-corrected chi connectivity index (χ1v) is 5.59. The third kappa shape index (κ3) is 1.91. The van der Waals surface area contributed by atoms with Crippen molar-refractivity contribution in [2.24, 2.45) is 5.73 Å². The molecule has 0 radical (unpaired) electrons. The van der Waals surface area contributed by atoms with E-state index in [1.165, 1.54) is 0 Å². The van der Waals surface area contributed by atoms with Crippen LogP contribution in [0, 0.1) is 13.8 Å². The number of H-pyrrole nitrogens is 1. The molecule has 4 heteroatoms. The molecule has 4 N–H and O–H groups in total. The van der Waals surface area contributed by atoms with Gasteiger partial charge in [-0.25, -0.2) is 4.79 Å². The van der Waals surface area contributed by atoms with Crippen molar-refractivity contribution in [1.82, 2.24) is 4.98 Å². The minimum atomic E-state index is -0.896. The Morgan fingerprint density at radius 3 is 2.71 bits per heavy atom. The predicted molar refractivity (Wildman–Crippen MR) is 67.5 cm³/mol. The smallest absolute Gasteiger partial charge is 0.335 e. The lowest BCUT2D eigenvalue weighted by molar-refractivity contribution is 0.0697. The van der Waals surface area contributed by atoms with E-state index in [1.54, 1.807) is 12.1 Å². The van der Waals surface area contributed by atoms with Crippen molar-refractivity contribution in [3.63, 3.8) is 0 Å². The molecule has 1 heterocycles. The average Bonchev–Trinajstić information content (AvgIpc) is 2.57. The highest BCUT2D eigenvalue weighted by atomic mass is 16.4. The van der Waals surface area contributed by atoms with Gasteiger partial charge in [0.2, 0.25) is 0 Å². The molecule has 0 aliphatic rings. The zero-order valence-corrected chi connectivity index (χ0v) is 10.0. The monoisotopic (exact) mass is 232 g/mol. The van der Waals surface area contributed by atoms with E-state index in [9.17, 15) is 4.79 Å². The Kier molecular flexibility index (Phi) is 2.90. The number of aromatic amines is 1. The van der Waals surface area contributed by atoms with Crippen molar-refractivity contribution in [2.75, 3.05) is 6.54 Å². The average molecular weight is 232 g/mol. The van der Waals surface area contributed by atoms with Crippen molar-refractivity contribution in [3.05, 3.63) is 34.5 Å². The van der Waals surface area contributed by atoms with E-state index in [1.807, 2.05) is 13.8 Å². The van der Waals surface area contributed by atoms with E-state index < -0.39 is 5.97 Å². The van der Waals surface area contributed by atoms with E-state index in [4.69, 9.17) is 10.8 Å². The number of carbonyl (C=O) groups is 1. The number of aromatic carboxylic acids is 1. The number of carboxylic acid groups (broad SMARTS) is 1. The van der Waals surface area contributed by atoms with Crippen LogP contribution in [0.5, 0.6) is 0 Å². The van der Waals surface area contributed by atoms with Crippen molar-refractivity contribution >= 4 is 16.9 Å². The van der Waals surface area contributed by atoms with E-state index in [-0.39, 0.29) is 0 Å². The number of nitrogens with one attached hydrogen (secondary N) is 1. The van der Waals surface area contributed by atoms with Crippen molar-refractivity contribution in [3.8, 4) is 0 Å². The normalized spacial score (nSPS) is 11.0. The van der Waals surface area contributed by atoms with Crippen LogP contribution in [0.25, 0.3) is 10.9 Å². The summed E-state index contributed by atoms with van der Waals surface area (Å²) in [5, 5.41) is 10.0. The van der Waals surface area contributed by atoms with Crippen molar-refractivity contribution in [2.45, 2.75) is 20.3 Å². The number of fused-ring (bicyclic) bond motifs is 1. The summed E-state index contributed by atoms with van der Waals surface area (Å²) in [4.78, 5) is 14.3. The van der Waals surface area contributed by atoms with Gasteiger partial charge in [0, 0.05) is 16.6 Å². The molecule has 0 saturated heterocycles. The van der Waals surface area contributed by atoms with Crippen LogP contribution in [0.1, 0.15) is 27.2 Å². The molecule has 1 aromatic heterocycles. The second-order valence-corrected chi connectivity index (χ2v) is 4.29. The summed E-state index contributed by atoms with van der Waals surface area (Å²) >= 11 is 0. The van der Waals surface area contributed by atoms with Crippen LogP contribution in [0.3, 0.4) is 0 Å². The molecule has 0 saturated carbocycles. The first-order chi connectivity index (χ1) is 8.04. The summed E-state index contributed by atoms with van der Waals surface area (Å²) in [6.07, 6.45) is 0.758. The lowest BCUT2D eigenvalue weighted by atomic mass is 10.0. The zero-order valence-electron chi connectivity index (χ0n) is 10.0. The maximum Gasteiger partial charge on any atom is 0.335 e. The fourth-order valence-electron chi connectivity index (χ4n) is 2.25. The summed E-state index contributed by atoms with van der Waals surface area (Å²) in [6.45, 7) is 4.46. The molecule has 0 aliphatic heterocycles.